The van der Waals surface area contributed by atoms with Crippen LogP contribution in [-0.4, -0.2) is 12.4 Å². The van der Waals surface area contributed by atoms with E-state index in [1.165, 1.54) is 30.4 Å². The molecule has 86 valence electrons. The lowest BCUT2D eigenvalue weighted by Crippen LogP contribution is -2.21. The van der Waals surface area contributed by atoms with Crippen LogP contribution in [0.5, 0.6) is 0 Å². The summed E-state index contributed by atoms with van der Waals surface area (Å²) < 4.78 is 0. The van der Waals surface area contributed by atoms with Gasteiger partial charge in [-0.25, -0.2) is 4.99 Å². The van der Waals surface area contributed by atoms with Gasteiger partial charge in [0.25, 0.3) is 0 Å². The van der Waals surface area contributed by atoms with Gasteiger partial charge in [-0.3, -0.25) is 5.32 Å². The fourth-order valence-corrected chi connectivity index (χ4v) is 1.90. The molecule has 1 aliphatic heterocycles. The molecular weight excluding hydrogens is 198 g/mol. The van der Waals surface area contributed by atoms with Crippen LogP contribution in [0.2, 0.25) is 0 Å². The van der Waals surface area contributed by atoms with Gasteiger partial charge in [0.15, 0.2) is 0 Å². The zero-order valence-electron chi connectivity index (χ0n) is 9.74. The summed E-state index contributed by atoms with van der Waals surface area (Å²) in [5.74, 6) is 0.694. The monoisotopic (exact) mass is 217 g/mol. The fraction of sp³-hybridized carbons (Fsp3) is 0.462. The molecule has 0 aromatic heterocycles. The van der Waals surface area contributed by atoms with Crippen molar-refractivity contribution in [1.82, 2.24) is 5.32 Å². The van der Waals surface area contributed by atoms with Crippen molar-refractivity contribution >= 4 is 5.84 Å². The van der Waals surface area contributed by atoms with Gasteiger partial charge in [0, 0.05) is 0 Å². The summed E-state index contributed by atoms with van der Waals surface area (Å²) in [4.78, 5) is 4.33. The maximum Gasteiger partial charge on any atom is 0.127 e. The average Bonchev–Trinajstić information content (AvgIpc) is 2.74. The number of nitrogens with two attached hydrogens (primary N) is 1. The Balaban J connectivity index is 2.02. The minimum Gasteiger partial charge on any atom is -0.386 e. The zero-order chi connectivity index (χ0) is 11.4. The molecule has 1 unspecified atom stereocenters. The number of aliphatic imine (C=N–C) groups is 1. The van der Waals surface area contributed by atoms with Crippen molar-refractivity contribution in [2.45, 2.75) is 32.4 Å². The average molecular weight is 217 g/mol. The predicted molar refractivity (Wildman–Crippen MR) is 67.4 cm³/mol. The maximum atomic E-state index is 5.65. The van der Waals surface area contributed by atoms with E-state index in [2.05, 4.69) is 41.5 Å². The van der Waals surface area contributed by atoms with Crippen LogP contribution < -0.4 is 11.1 Å². The van der Waals surface area contributed by atoms with Crippen molar-refractivity contribution in [2.24, 2.45) is 10.7 Å². The first-order chi connectivity index (χ1) is 7.79. The van der Waals surface area contributed by atoms with E-state index >= 15 is 0 Å². The molecule has 1 atom stereocenters. The van der Waals surface area contributed by atoms with Crippen LogP contribution >= 0.6 is 0 Å². The quantitative estimate of drug-likeness (QED) is 0.810. The van der Waals surface area contributed by atoms with Crippen LogP contribution in [0.3, 0.4) is 0 Å². The van der Waals surface area contributed by atoms with Gasteiger partial charge in [0.05, 0.1) is 6.54 Å². The number of hydrogen-bond donors (Lipinski definition) is 2. The molecule has 2 rings (SSSR count). The van der Waals surface area contributed by atoms with Crippen LogP contribution in [-0.2, 0) is 6.42 Å². The van der Waals surface area contributed by atoms with Gasteiger partial charge in [-0.05, 0) is 24.0 Å². The Kier molecular flexibility index (Phi) is 3.57. The van der Waals surface area contributed by atoms with Gasteiger partial charge < -0.3 is 5.73 Å². The molecule has 3 nitrogen and oxygen atoms in total. The molecular formula is C13H19N3. The lowest BCUT2D eigenvalue weighted by atomic mass is 10.1. The number of nitrogens with one attached hydrogen (secondary N) is 1. The second kappa shape index (κ2) is 5.12. The number of unbranched alkanes of at least 4 members (excludes halogenated alkanes) is 1. The second-order valence-electron chi connectivity index (χ2n) is 4.25. The van der Waals surface area contributed by atoms with E-state index in [1.807, 2.05) is 0 Å². The first kappa shape index (κ1) is 11.1. The molecule has 3 N–H and O–H groups in total. The summed E-state index contributed by atoms with van der Waals surface area (Å²) in [7, 11) is 0. The number of rotatable bonds is 4. The topological polar surface area (TPSA) is 50.4 Å². The molecule has 0 amide bonds. The van der Waals surface area contributed by atoms with E-state index < -0.39 is 0 Å². The van der Waals surface area contributed by atoms with Crippen LogP contribution in [0.25, 0.3) is 0 Å². The second-order valence-corrected chi connectivity index (χ2v) is 4.25. The molecule has 0 radical (unpaired) electrons. The molecule has 0 spiro atoms. The highest BCUT2D eigenvalue weighted by atomic mass is 15.2. The van der Waals surface area contributed by atoms with E-state index in [0.29, 0.717) is 12.4 Å². The molecule has 3 heteroatoms. The van der Waals surface area contributed by atoms with Gasteiger partial charge in [-0.1, -0.05) is 37.6 Å². The molecule has 1 heterocycles. The minimum atomic E-state index is 0.0558. The number of amidine groups is 1. The minimum absolute atomic E-state index is 0.0558. The highest BCUT2D eigenvalue weighted by Gasteiger charge is 2.15. The molecule has 0 fully saturated rings. The molecule has 1 aromatic carbocycles. The third-order valence-corrected chi connectivity index (χ3v) is 2.89. The van der Waals surface area contributed by atoms with Crippen molar-refractivity contribution in [3.05, 3.63) is 35.4 Å². The van der Waals surface area contributed by atoms with Crippen LogP contribution in [0.1, 0.15) is 37.1 Å². The summed E-state index contributed by atoms with van der Waals surface area (Å²) in [5, 5.41) is 3.26. The van der Waals surface area contributed by atoms with Crippen molar-refractivity contribution in [3.8, 4) is 0 Å². The maximum absolute atomic E-state index is 5.65. The Hall–Kier alpha value is -1.35. The summed E-state index contributed by atoms with van der Waals surface area (Å²) in [6.45, 7) is 2.91. The van der Waals surface area contributed by atoms with E-state index in [-0.39, 0.29) is 6.17 Å². The lowest BCUT2D eigenvalue weighted by Gasteiger charge is -2.08. The molecule has 16 heavy (non-hydrogen) atoms. The van der Waals surface area contributed by atoms with Crippen molar-refractivity contribution in [2.75, 3.05) is 6.54 Å². The standard InChI is InChI=1S/C13H19N3/c1-2-3-4-10-5-7-11(8-6-10)13-15-9-12(14)16-13/h5-8,13,15H,2-4,9H2,1H3,(H2,14,16). The Labute approximate surface area is 96.8 Å². The van der Waals surface area contributed by atoms with Crippen LogP contribution in [0.4, 0.5) is 0 Å². The molecule has 0 aliphatic carbocycles. The first-order valence-corrected chi connectivity index (χ1v) is 5.94. The Morgan fingerprint density at radius 1 is 1.38 bits per heavy atom. The SMILES string of the molecule is CCCCc1ccc(C2N=C(N)CN2)cc1. The lowest BCUT2D eigenvalue weighted by molar-refractivity contribution is 0.643. The molecule has 0 bridgehead atoms. The van der Waals surface area contributed by atoms with E-state index in [9.17, 15) is 0 Å². The normalized spacial score (nSPS) is 19.8. The summed E-state index contributed by atoms with van der Waals surface area (Å²) in [6, 6.07) is 8.67. The summed E-state index contributed by atoms with van der Waals surface area (Å²) >= 11 is 0. The van der Waals surface area contributed by atoms with Crippen LogP contribution in [0.15, 0.2) is 29.3 Å². The predicted octanol–water partition coefficient (Wildman–Crippen LogP) is 1.99. The number of nitrogens with zero attached hydrogens (tertiary/aromatic N) is 1. The largest absolute Gasteiger partial charge is 0.386 e. The molecule has 1 aromatic rings. The fourth-order valence-electron chi connectivity index (χ4n) is 1.90. The van der Waals surface area contributed by atoms with Gasteiger partial charge in [0.2, 0.25) is 0 Å². The van der Waals surface area contributed by atoms with E-state index in [1.54, 1.807) is 0 Å². The number of benzene rings is 1. The Morgan fingerprint density at radius 2 is 2.12 bits per heavy atom. The van der Waals surface area contributed by atoms with Gasteiger partial charge in [-0.2, -0.15) is 0 Å². The first-order valence-electron chi connectivity index (χ1n) is 5.94. The van der Waals surface area contributed by atoms with Gasteiger partial charge >= 0.3 is 0 Å². The van der Waals surface area contributed by atoms with Gasteiger partial charge in [0.1, 0.15) is 12.0 Å². The van der Waals surface area contributed by atoms with E-state index in [0.717, 1.165) is 0 Å². The summed E-state index contributed by atoms with van der Waals surface area (Å²) in [5.41, 5.74) is 8.24. The smallest absolute Gasteiger partial charge is 0.127 e. The summed E-state index contributed by atoms with van der Waals surface area (Å²) in [6.07, 6.45) is 3.72. The highest BCUT2D eigenvalue weighted by Crippen LogP contribution is 2.18. The Morgan fingerprint density at radius 3 is 2.69 bits per heavy atom. The third-order valence-electron chi connectivity index (χ3n) is 2.89. The molecule has 1 aliphatic rings. The number of hydrogen-bond acceptors (Lipinski definition) is 3. The van der Waals surface area contributed by atoms with Crippen molar-refractivity contribution in [1.29, 1.82) is 0 Å². The third kappa shape index (κ3) is 2.61. The highest BCUT2D eigenvalue weighted by molar-refractivity contribution is 5.84. The zero-order valence-corrected chi connectivity index (χ0v) is 9.74. The van der Waals surface area contributed by atoms with E-state index in [4.69, 9.17) is 5.73 Å². The molecule has 0 saturated carbocycles. The van der Waals surface area contributed by atoms with Crippen molar-refractivity contribution in [3.63, 3.8) is 0 Å². The van der Waals surface area contributed by atoms with Gasteiger partial charge in [-0.15, -0.1) is 0 Å². The van der Waals surface area contributed by atoms with Crippen molar-refractivity contribution < 1.29 is 0 Å². The molecule has 0 saturated heterocycles. The van der Waals surface area contributed by atoms with Crippen LogP contribution in [0, 0.1) is 0 Å². The number of aryl methyl sites for hydroxylation is 1. The Bertz CT molecular complexity index is 367.